The van der Waals surface area contributed by atoms with E-state index in [2.05, 4.69) is 15.1 Å². The molecule has 0 aromatic carbocycles. The SMILES string of the molecule is O=C(O)CSc1nc(-c2cncs2)no1. The Bertz CT molecular complexity index is 454. The summed E-state index contributed by atoms with van der Waals surface area (Å²) >= 11 is 2.38. The predicted octanol–water partition coefficient (Wildman–Crippen LogP) is 1.37. The molecule has 6 nitrogen and oxygen atoms in total. The van der Waals surface area contributed by atoms with Gasteiger partial charge < -0.3 is 9.63 Å². The molecule has 0 bridgehead atoms. The first kappa shape index (κ1) is 10.1. The van der Waals surface area contributed by atoms with Crippen molar-refractivity contribution in [1.29, 1.82) is 0 Å². The summed E-state index contributed by atoms with van der Waals surface area (Å²) in [6.07, 6.45) is 1.63. The maximum absolute atomic E-state index is 10.3. The number of carboxylic acids is 1. The maximum atomic E-state index is 10.3. The number of thioether (sulfide) groups is 1. The largest absolute Gasteiger partial charge is 0.481 e. The highest BCUT2D eigenvalue weighted by atomic mass is 32.2. The number of hydrogen-bond acceptors (Lipinski definition) is 7. The second-order valence-corrected chi connectivity index (χ2v) is 4.24. The molecule has 2 heterocycles. The second-order valence-electron chi connectivity index (χ2n) is 2.43. The van der Waals surface area contributed by atoms with E-state index in [0.717, 1.165) is 16.6 Å². The molecular formula is C7H5N3O3S2. The van der Waals surface area contributed by atoms with E-state index in [4.69, 9.17) is 9.63 Å². The molecule has 0 spiro atoms. The number of hydrogen-bond donors (Lipinski definition) is 1. The Kier molecular flexibility index (Phi) is 2.97. The van der Waals surface area contributed by atoms with Crippen LogP contribution < -0.4 is 0 Å². The summed E-state index contributed by atoms with van der Waals surface area (Å²) in [5.41, 5.74) is 1.66. The standard InChI is InChI=1S/C7H5N3O3S2/c11-5(12)2-14-7-9-6(10-13-7)4-1-8-3-15-4/h1,3H,2H2,(H,11,12). The van der Waals surface area contributed by atoms with Crippen molar-refractivity contribution in [3.05, 3.63) is 11.7 Å². The Morgan fingerprint density at radius 2 is 2.53 bits per heavy atom. The second kappa shape index (κ2) is 4.41. The molecule has 0 unspecified atom stereocenters. The average Bonchev–Trinajstić information content (AvgIpc) is 2.85. The number of rotatable bonds is 4. The average molecular weight is 243 g/mol. The van der Waals surface area contributed by atoms with Crippen LogP contribution in [0.4, 0.5) is 0 Å². The van der Waals surface area contributed by atoms with Crippen molar-refractivity contribution in [3.8, 4) is 10.7 Å². The molecule has 2 aromatic heterocycles. The van der Waals surface area contributed by atoms with E-state index in [1.807, 2.05) is 0 Å². The summed E-state index contributed by atoms with van der Waals surface area (Å²) in [5, 5.41) is 12.4. The molecule has 2 rings (SSSR count). The molecule has 8 heteroatoms. The predicted molar refractivity (Wildman–Crippen MR) is 53.8 cm³/mol. The van der Waals surface area contributed by atoms with Gasteiger partial charge in [0, 0.05) is 6.20 Å². The molecule has 1 N–H and O–H groups in total. The normalized spacial score (nSPS) is 10.4. The Balaban J connectivity index is 2.08. The van der Waals surface area contributed by atoms with Gasteiger partial charge in [-0.15, -0.1) is 11.3 Å². The highest BCUT2D eigenvalue weighted by molar-refractivity contribution is 7.99. The molecule has 0 fully saturated rings. The van der Waals surface area contributed by atoms with Crippen molar-refractivity contribution < 1.29 is 14.4 Å². The van der Waals surface area contributed by atoms with Crippen molar-refractivity contribution in [2.45, 2.75) is 5.22 Å². The zero-order valence-corrected chi connectivity index (χ0v) is 8.92. The molecule has 0 aliphatic heterocycles. The topological polar surface area (TPSA) is 89.1 Å². The monoisotopic (exact) mass is 243 g/mol. The fraction of sp³-hybridized carbons (Fsp3) is 0.143. The fourth-order valence-electron chi connectivity index (χ4n) is 0.818. The maximum Gasteiger partial charge on any atom is 0.314 e. The quantitative estimate of drug-likeness (QED) is 0.811. The number of aromatic nitrogens is 3. The van der Waals surface area contributed by atoms with E-state index >= 15 is 0 Å². The number of nitrogens with zero attached hydrogens (tertiary/aromatic N) is 3. The highest BCUT2D eigenvalue weighted by Gasteiger charge is 2.11. The minimum absolute atomic E-state index is 0.0929. The van der Waals surface area contributed by atoms with Crippen molar-refractivity contribution in [2.24, 2.45) is 0 Å². The van der Waals surface area contributed by atoms with E-state index in [0.29, 0.717) is 5.82 Å². The van der Waals surface area contributed by atoms with Gasteiger partial charge in [-0.25, -0.2) is 0 Å². The van der Waals surface area contributed by atoms with E-state index < -0.39 is 5.97 Å². The van der Waals surface area contributed by atoms with Gasteiger partial charge in [0.15, 0.2) is 0 Å². The molecule has 0 radical (unpaired) electrons. The van der Waals surface area contributed by atoms with Crippen LogP contribution in [0.2, 0.25) is 0 Å². The molecule has 0 aliphatic carbocycles. The van der Waals surface area contributed by atoms with Crippen molar-refractivity contribution >= 4 is 29.1 Å². The first-order chi connectivity index (χ1) is 7.25. The van der Waals surface area contributed by atoms with Gasteiger partial charge in [0.05, 0.1) is 10.4 Å². The molecule has 0 aliphatic rings. The summed E-state index contributed by atoms with van der Waals surface area (Å²) in [5.74, 6) is -0.576. The lowest BCUT2D eigenvalue weighted by Crippen LogP contribution is -1.97. The van der Waals surface area contributed by atoms with Gasteiger partial charge in [-0.2, -0.15) is 4.98 Å². The molecular weight excluding hydrogens is 238 g/mol. The van der Waals surface area contributed by atoms with Crippen LogP contribution in [0, 0.1) is 0 Å². The van der Waals surface area contributed by atoms with Crippen LogP contribution in [-0.2, 0) is 4.79 Å². The smallest absolute Gasteiger partial charge is 0.314 e. The van der Waals surface area contributed by atoms with Crippen LogP contribution in [0.25, 0.3) is 10.7 Å². The Hall–Kier alpha value is -1.41. The van der Waals surface area contributed by atoms with Gasteiger partial charge in [0.1, 0.15) is 5.75 Å². The van der Waals surface area contributed by atoms with Crippen molar-refractivity contribution in [2.75, 3.05) is 5.75 Å². The minimum Gasteiger partial charge on any atom is -0.481 e. The van der Waals surface area contributed by atoms with Gasteiger partial charge >= 0.3 is 5.97 Å². The summed E-state index contributed by atoms with van der Waals surface area (Å²) in [4.78, 5) is 19.0. The number of aliphatic carboxylic acids is 1. The van der Waals surface area contributed by atoms with Gasteiger partial charge in [0.2, 0.25) is 5.82 Å². The number of carbonyl (C=O) groups is 1. The van der Waals surface area contributed by atoms with Crippen LogP contribution in [-0.4, -0.2) is 32.0 Å². The zero-order chi connectivity index (χ0) is 10.7. The zero-order valence-electron chi connectivity index (χ0n) is 7.28. The molecule has 0 amide bonds. The molecule has 0 saturated carbocycles. The first-order valence-corrected chi connectivity index (χ1v) is 5.69. The lowest BCUT2D eigenvalue weighted by Gasteiger charge is -1.86. The lowest BCUT2D eigenvalue weighted by molar-refractivity contribution is -0.133. The minimum atomic E-state index is -0.919. The number of carboxylic acid groups (broad SMARTS) is 1. The number of thiazole rings is 1. The van der Waals surface area contributed by atoms with Gasteiger partial charge in [-0.3, -0.25) is 9.78 Å². The Labute approximate surface area is 92.3 Å². The summed E-state index contributed by atoms with van der Waals surface area (Å²) < 4.78 is 4.86. The van der Waals surface area contributed by atoms with Crippen LogP contribution >= 0.6 is 23.1 Å². The molecule has 2 aromatic rings. The van der Waals surface area contributed by atoms with Crippen molar-refractivity contribution in [3.63, 3.8) is 0 Å². The molecule has 15 heavy (non-hydrogen) atoms. The van der Waals surface area contributed by atoms with Crippen LogP contribution in [0.3, 0.4) is 0 Å². The van der Waals surface area contributed by atoms with E-state index in [-0.39, 0.29) is 11.0 Å². The summed E-state index contributed by atoms with van der Waals surface area (Å²) in [6.45, 7) is 0. The fourth-order valence-corrected chi connectivity index (χ4v) is 1.85. The summed E-state index contributed by atoms with van der Waals surface area (Å²) in [7, 11) is 0. The first-order valence-electron chi connectivity index (χ1n) is 3.83. The van der Waals surface area contributed by atoms with Gasteiger partial charge in [-0.1, -0.05) is 16.9 Å². The molecule has 0 saturated heterocycles. The summed E-state index contributed by atoms with van der Waals surface area (Å²) in [6, 6.07) is 0. The highest BCUT2D eigenvalue weighted by Crippen LogP contribution is 2.23. The molecule has 0 atom stereocenters. The van der Waals surface area contributed by atoms with E-state index in [1.165, 1.54) is 11.3 Å². The van der Waals surface area contributed by atoms with Gasteiger partial charge in [0.25, 0.3) is 5.22 Å². The Morgan fingerprint density at radius 1 is 1.67 bits per heavy atom. The van der Waals surface area contributed by atoms with Gasteiger partial charge in [-0.05, 0) is 0 Å². The van der Waals surface area contributed by atoms with E-state index in [1.54, 1.807) is 11.7 Å². The van der Waals surface area contributed by atoms with Crippen LogP contribution in [0.1, 0.15) is 0 Å². The third kappa shape index (κ3) is 2.54. The third-order valence-electron chi connectivity index (χ3n) is 1.38. The van der Waals surface area contributed by atoms with E-state index in [9.17, 15) is 4.79 Å². The van der Waals surface area contributed by atoms with Crippen LogP contribution in [0.15, 0.2) is 21.5 Å². The van der Waals surface area contributed by atoms with Crippen LogP contribution in [0.5, 0.6) is 0 Å². The Morgan fingerprint density at radius 3 is 3.20 bits per heavy atom. The van der Waals surface area contributed by atoms with Crippen molar-refractivity contribution in [1.82, 2.24) is 15.1 Å². The lowest BCUT2D eigenvalue weighted by atomic mass is 10.5. The molecule has 78 valence electrons. The third-order valence-corrected chi connectivity index (χ3v) is 2.95.